The number of benzene rings is 2. The van der Waals surface area contributed by atoms with Crippen molar-refractivity contribution >= 4 is 5.97 Å². The third-order valence-electron chi connectivity index (χ3n) is 3.69. The Morgan fingerprint density at radius 1 is 0.875 bits per heavy atom. The van der Waals surface area contributed by atoms with E-state index < -0.39 is 40.4 Å². The molecule has 0 aliphatic carbocycles. The van der Waals surface area contributed by atoms with E-state index in [1.165, 1.54) is 12.1 Å². The number of hydrogen-bond acceptors (Lipinski definition) is 2. The van der Waals surface area contributed by atoms with E-state index in [4.69, 9.17) is 0 Å². The van der Waals surface area contributed by atoms with E-state index in [1.54, 1.807) is 12.1 Å². The topological polar surface area (TPSA) is 26.3 Å². The van der Waals surface area contributed by atoms with E-state index in [9.17, 15) is 22.4 Å². The highest BCUT2D eigenvalue weighted by Gasteiger charge is 2.30. The largest absolute Gasteiger partial charge is 0.465 e. The highest BCUT2D eigenvalue weighted by Crippen LogP contribution is 2.33. The number of carbonyl (C=O) groups excluding carboxylic acids is 1. The summed E-state index contributed by atoms with van der Waals surface area (Å²) in [6.45, 7) is 5.86. The van der Waals surface area contributed by atoms with Gasteiger partial charge < -0.3 is 4.74 Å². The van der Waals surface area contributed by atoms with Crippen LogP contribution in [0.3, 0.4) is 0 Å². The van der Waals surface area contributed by atoms with Crippen molar-refractivity contribution < 1.29 is 27.1 Å². The van der Waals surface area contributed by atoms with Crippen LogP contribution in [-0.2, 0) is 10.2 Å². The standard InChI is InChI=1S/C18H16F4O2/c1-18(2,3)10-7-5-9(6-8-10)11-13(19)15(21)12(17(23)24-4)16(22)14(11)20/h5-8H,1-4H3. The number of rotatable bonds is 2. The summed E-state index contributed by atoms with van der Waals surface area (Å²) in [5.74, 6) is -8.33. The molecule has 0 bridgehead atoms. The predicted octanol–water partition coefficient (Wildman–Crippen LogP) is 4.99. The van der Waals surface area contributed by atoms with Crippen molar-refractivity contribution in [3.05, 3.63) is 58.7 Å². The summed E-state index contributed by atoms with van der Waals surface area (Å²) >= 11 is 0. The molecule has 0 heterocycles. The fourth-order valence-corrected chi connectivity index (χ4v) is 2.30. The average molecular weight is 340 g/mol. The SMILES string of the molecule is COC(=O)c1c(F)c(F)c(-c2ccc(C(C)(C)C)cc2)c(F)c1F. The normalized spacial score (nSPS) is 11.5. The average Bonchev–Trinajstić information content (AvgIpc) is 2.53. The minimum absolute atomic E-state index is 0.0350. The van der Waals surface area contributed by atoms with Crippen molar-refractivity contribution in [3.8, 4) is 11.1 Å². The van der Waals surface area contributed by atoms with Gasteiger partial charge in [-0.05, 0) is 16.5 Å². The first-order chi connectivity index (χ1) is 11.1. The van der Waals surface area contributed by atoms with Gasteiger partial charge in [0.25, 0.3) is 0 Å². The van der Waals surface area contributed by atoms with Gasteiger partial charge in [0.1, 0.15) is 5.56 Å². The fraction of sp³-hybridized carbons (Fsp3) is 0.278. The van der Waals surface area contributed by atoms with Gasteiger partial charge in [-0.3, -0.25) is 0 Å². The molecule has 0 radical (unpaired) electrons. The lowest BCUT2D eigenvalue weighted by Crippen LogP contribution is -2.13. The molecule has 0 fully saturated rings. The minimum Gasteiger partial charge on any atom is -0.465 e. The Morgan fingerprint density at radius 2 is 1.33 bits per heavy atom. The fourth-order valence-electron chi connectivity index (χ4n) is 2.30. The number of ether oxygens (including phenoxy) is 1. The van der Waals surface area contributed by atoms with Crippen molar-refractivity contribution in [3.63, 3.8) is 0 Å². The molecule has 128 valence electrons. The molecule has 24 heavy (non-hydrogen) atoms. The second kappa shape index (κ2) is 6.26. The number of carbonyl (C=O) groups is 1. The molecular weight excluding hydrogens is 324 g/mol. The van der Waals surface area contributed by atoms with Crippen LogP contribution in [0.5, 0.6) is 0 Å². The first-order valence-electron chi connectivity index (χ1n) is 7.14. The Bertz CT molecular complexity index is 761. The summed E-state index contributed by atoms with van der Waals surface area (Å²) in [5, 5.41) is 0. The molecule has 2 nitrogen and oxygen atoms in total. The van der Waals surface area contributed by atoms with Crippen molar-refractivity contribution in [2.75, 3.05) is 7.11 Å². The Labute approximate surface area is 137 Å². The summed E-state index contributed by atoms with van der Waals surface area (Å²) in [4.78, 5) is 11.3. The summed E-state index contributed by atoms with van der Waals surface area (Å²) in [6.07, 6.45) is 0. The van der Waals surface area contributed by atoms with Gasteiger partial charge in [-0.1, -0.05) is 45.0 Å². The maximum absolute atomic E-state index is 14.2. The lowest BCUT2D eigenvalue weighted by Gasteiger charge is -2.19. The van der Waals surface area contributed by atoms with Crippen molar-refractivity contribution in [2.24, 2.45) is 0 Å². The Hall–Kier alpha value is -2.37. The summed E-state index contributed by atoms with van der Waals surface area (Å²) in [6, 6.07) is 5.99. The van der Waals surface area contributed by atoms with Gasteiger partial charge in [-0.25, -0.2) is 22.4 Å². The second-order valence-corrected chi connectivity index (χ2v) is 6.32. The molecule has 0 spiro atoms. The first kappa shape index (κ1) is 18.0. The van der Waals surface area contributed by atoms with E-state index >= 15 is 0 Å². The number of esters is 1. The van der Waals surface area contributed by atoms with Crippen LogP contribution in [0.15, 0.2) is 24.3 Å². The number of hydrogen-bond donors (Lipinski definition) is 0. The molecule has 2 rings (SSSR count). The van der Waals surface area contributed by atoms with Gasteiger partial charge in [0, 0.05) is 0 Å². The minimum atomic E-state index is -1.78. The lowest BCUT2D eigenvalue weighted by atomic mass is 9.86. The van der Waals surface area contributed by atoms with E-state index in [0.717, 1.165) is 12.7 Å². The molecular formula is C18H16F4O2. The second-order valence-electron chi connectivity index (χ2n) is 6.32. The van der Waals surface area contributed by atoms with Gasteiger partial charge >= 0.3 is 5.97 Å². The Morgan fingerprint density at radius 3 is 1.71 bits per heavy atom. The molecule has 0 amide bonds. The van der Waals surface area contributed by atoms with Crippen LogP contribution in [-0.4, -0.2) is 13.1 Å². The van der Waals surface area contributed by atoms with Crippen LogP contribution in [0.4, 0.5) is 17.6 Å². The zero-order valence-corrected chi connectivity index (χ0v) is 13.6. The molecule has 0 unspecified atom stereocenters. The lowest BCUT2D eigenvalue weighted by molar-refractivity contribution is 0.0587. The molecule has 0 N–H and O–H groups in total. The maximum Gasteiger partial charge on any atom is 0.344 e. The summed E-state index contributed by atoms with van der Waals surface area (Å²) < 4.78 is 60.6. The Kier molecular flexibility index (Phi) is 4.69. The molecule has 0 aromatic heterocycles. The first-order valence-corrected chi connectivity index (χ1v) is 7.14. The van der Waals surface area contributed by atoms with Crippen LogP contribution in [0.2, 0.25) is 0 Å². The van der Waals surface area contributed by atoms with E-state index in [2.05, 4.69) is 4.74 Å². The van der Waals surface area contributed by atoms with E-state index in [0.29, 0.717) is 0 Å². The Balaban J connectivity index is 2.66. The third-order valence-corrected chi connectivity index (χ3v) is 3.69. The van der Waals surface area contributed by atoms with Crippen LogP contribution in [0, 0.1) is 23.3 Å². The smallest absolute Gasteiger partial charge is 0.344 e. The molecule has 2 aromatic rings. The van der Waals surface area contributed by atoms with Crippen molar-refractivity contribution in [1.29, 1.82) is 0 Å². The molecule has 0 saturated carbocycles. The van der Waals surface area contributed by atoms with Crippen LogP contribution in [0.25, 0.3) is 11.1 Å². The van der Waals surface area contributed by atoms with Gasteiger partial charge in [-0.2, -0.15) is 0 Å². The molecule has 6 heteroatoms. The highest BCUT2D eigenvalue weighted by molar-refractivity contribution is 5.91. The maximum atomic E-state index is 14.2. The molecule has 0 atom stereocenters. The third kappa shape index (κ3) is 3.00. The molecule has 2 aromatic carbocycles. The van der Waals surface area contributed by atoms with Gasteiger partial charge in [0.2, 0.25) is 0 Å². The monoisotopic (exact) mass is 340 g/mol. The van der Waals surface area contributed by atoms with Gasteiger partial charge in [-0.15, -0.1) is 0 Å². The van der Waals surface area contributed by atoms with Gasteiger partial charge in [0.05, 0.1) is 12.7 Å². The molecule has 0 saturated heterocycles. The van der Waals surface area contributed by atoms with Crippen molar-refractivity contribution in [1.82, 2.24) is 0 Å². The number of halogens is 4. The number of methoxy groups -OCH3 is 1. The van der Waals surface area contributed by atoms with Crippen LogP contribution >= 0.6 is 0 Å². The van der Waals surface area contributed by atoms with E-state index in [-0.39, 0.29) is 11.0 Å². The van der Waals surface area contributed by atoms with Crippen LogP contribution in [0.1, 0.15) is 36.7 Å². The zero-order valence-electron chi connectivity index (χ0n) is 13.6. The summed E-state index contributed by atoms with van der Waals surface area (Å²) in [5.41, 5.74) is -1.59. The molecule has 0 aliphatic rings. The van der Waals surface area contributed by atoms with E-state index in [1.807, 2.05) is 20.8 Å². The van der Waals surface area contributed by atoms with Crippen molar-refractivity contribution in [2.45, 2.75) is 26.2 Å². The summed E-state index contributed by atoms with van der Waals surface area (Å²) in [7, 11) is 0.857. The quantitative estimate of drug-likeness (QED) is 0.437. The van der Waals surface area contributed by atoms with Crippen LogP contribution < -0.4 is 0 Å². The predicted molar refractivity (Wildman–Crippen MR) is 81.7 cm³/mol. The van der Waals surface area contributed by atoms with Gasteiger partial charge in [0.15, 0.2) is 23.3 Å². The molecule has 0 aliphatic heterocycles. The highest BCUT2D eigenvalue weighted by atomic mass is 19.2. The zero-order chi connectivity index (χ0) is 18.2.